The van der Waals surface area contributed by atoms with Crippen molar-refractivity contribution in [3.63, 3.8) is 0 Å². The molecule has 3 aromatic rings. The summed E-state index contributed by atoms with van der Waals surface area (Å²) in [6.07, 6.45) is 1.84. The van der Waals surface area contributed by atoms with Crippen molar-refractivity contribution in [2.75, 3.05) is 0 Å². The normalized spacial score (nSPS) is 11.2. The highest BCUT2D eigenvalue weighted by Crippen LogP contribution is 2.26. The van der Waals surface area contributed by atoms with Gasteiger partial charge < -0.3 is 5.73 Å². The van der Waals surface area contributed by atoms with Gasteiger partial charge in [0, 0.05) is 11.3 Å². The molecule has 3 heteroatoms. The van der Waals surface area contributed by atoms with Gasteiger partial charge in [0.15, 0.2) is 0 Å². The smallest absolute Gasteiger partial charge is 0.100 e. The van der Waals surface area contributed by atoms with Crippen molar-refractivity contribution >= 4 is 16.7 Å². The van der Waals surface area contributed by atoms with Gasteiger partial charge in [-0.05, 0) is 29.7 Å². The van der Waals surface area contributed by atoms with E-state index in [2.05, 4.69) is 48.2 Å². The minimum absolute atomic E-state index is 0.484. The molecule has 0 fully saturated rings. The van der Waals surface area contributed by atoms with Gasteiger partial charge in [-0.2, -0.15) is 0 Å². The maximum Gasteiger partial charge on any atom is 0.100 e. The predicted molar refractivity (Wildman–Crippen MR) is 88.4 cm³/mol. The second-order valence-electron chi connectivity index (χ2n) is 5.56. The average Bonchev–Trinajstić information content (AvgIpc) is 2.89. The van der Waals surface area contributed by atoms with Gasteiger partial charge in [0.05, 0.1) is 16.7 Å². The molecule has 0 saturated carbocycles. The van der Waals surface area contributed by atoms with E-state index in [0.29, 0.717) is 11.6 Å². The average molecular weight is 277 g/mol. The number of rotatable bonds is 3. The first-order valence-electron chi connectivity index (χ1n) is 7.09. The number of fused-ring (bicyclic) bond motifs is 1. The number of benzene rings is 2. The number of hydrogen-bond donors (Lipinski definition) is 1. The first kappa shape index (κ1) is 13.4. The van der Waals surface area contributed by atoms with Gasteiger partial charge in [-0.25, -0.2) is 4.98 Å². The van der Waals surface area contributed by atoms with Gasteiger partial charge in [0.1, 0.15) is 6.33 Å². The molecule has 21 heavy (non-hydrogen) atoms. The van der Waals surface area contributed by atoms with Gasteiger partial charge in [-0.15, -0.1) is 0 Å². The number of aromatic nitrogens is 2. The summed E-state index contributed by atoms with van der Waals surface area (Å²) in [6, 6.07) is 14.4. The highest BCUT2D eigenvalue weighted by molar-refractivity contribution is 5.80. The van der Waals surface area contributed by atoms with Gasteiger partial charge in [-0.1, -0.05) is 44.7 Å². The van der Waals surface area contributed by atoms with Crippen molar-refractivity contribution in [2.45, 2.75) is 19.8 Å². The van der Waals surface area contributed by atoms with Crippen LogP contribution in [0, 0.1) is 0 Å². The summed E-state index contributed by atoms with van der Waals surface area (Å²) in [5.41, 5.74) is 11.8. The molecule has 1 heterocycles. The number of nitrogens with two attached hydrogens (primary N) is 1. The van der Waals surface area contributed by atoms with Crippen LogP contribution in [0.5, 0.6) is 0 Å². The molecule has 0 atom stereocenters. The summed E-state index contributed by atoms with van der Waals surface area (Å²) >= 11 is 0. The van der Waals surface area contributed by atoms with E-state index in [0.717, 1.165) is 22.3 Å². The Kier molecular flexibility index (Phi) is 3.26. The maximum absolute atomic E-state index is 5.91. The molecule has 2 N–H and O–H groups in total. The summed E-state index contributed by atoms with van der Waals surface area (Å²) in [7, 11) is 0. The first-order chi connectivity index (χ1) is 10.1. The summed E-state index contributed by atoms with van der Waals surface area (Å²) in [4.78, 5) is 4.49. The van der Waals surface area contributed by atoms with Crippen LogP contribution in [0.25, 0.3) is 22.4 Å². The summed E-state index contributed by atoms with van der Waals surface area (Å²) in [6.45, 7) is 8.25. The Morgan fingerprint density at radius 2 is 1.95 bits per heavy atom. The van der Waals surface area contributed by atoms with Crippen LogP contribution in [0.4, 0.5) is 0 Å². The third-order valence-electron chi connectivity index (χ3n) is 3.75. The van der Waals surface area contributed by atoms with Crippen LogP contribution < -0.4 is 5.73 Å². The molecular formula is C18H19N3. The number of para-hydroxylation sites is 1. The number of imidazole rings is 1. The van der Waals surface area contributed by atoms with E-state index in [9.17, 15) is 0 Å². The molecule has 106 valence electrons. The molecule has 0 spiro atoms. The fourth-order valence-electron chi connectivity index (χ4n) is 2.53. The second-order valence-corrected chi connectivity index (χ2v) is 5.56. The molecule has 0 bridgehead atoms. The fraction of sp³-hybridized carbons (Fsp3) is 0.167. The Hall–Kier alpha value is -2.55. The molecule has 2 aromatic carbocycles. The molecule has 0 aliphatic heterocycles. The van der Waals surface area contributed by atoms with E-state index >= 15 is 0 Å². The van der Waals surface area contributed by atoms with Crippen molar-refractivity contribution in [3.8, 4) is 5.69 Å². The Morgan fingerprint density at radius 3 is 2.67 bits per heavy atom. The SMILES string of the molecule is C=C(N)c1ccccc1-n1cnc2ccc(C(C)C)cc21. The van der Waals surface area contributed by atoms with Crippen LogP contribution in [0.3, 0.4) is 0 Å². The van der Waals surface area contributed by atoms with Gasteiger partial charge in [-0.3, -0.25) is 4.57 Å². The molecule has 1 aromatic heterocycles. The molecule has 0 aliphatic carbocycles. The molecule has 0 aliphatic rings. The largest absolute Gasteiger partial charge is 0.399 e. The van der Waals surface area contributed by atoms with Crippen LogP contribution in [0.15, 0.2) is 55.4 Å². The molecule has 3 rings (SSSR count). The van der Waals surface area contributed by atoms with E-state index in [4.69, 9.17) is 5.73 Å². The third kappa shape index (κ3) is 2.31. The molecule has 0 radical (unpaired) electrons. The van der Waals surface area contributed by atoms with Gasteiger partial charge in [0.2, 0.25) is 0 Å². The summed E-state index contributed by atoms with van der Waals surface area (Å²) in [5, 5.41) is 0. The first-order valence-corrected chi connectivity index (χ1v) is 7.09. The van der Waals surface area contributed by atoms with Crippen LogP contribution in [0.1, 0.15) is 30.9 Å². The van der Waals surface area contributed by atoms with E-state index < -0.39 is 0 Å². The highest BCUT2D eigenvalue weighted by Gasteiger charge is 2.10. The van der Waals surface area contributed by atoms with Crippen LogP contribution in [-0.2, 0) is 0 Å². The van der Waals surface area contributed by atoms with Crippen LogP contribution in [-0.4, -0.2) is 9.55 Å². The summed E-state index contributed by atoms with van der Waals surface area (Å²) < 4.78 is 2.08. The third-order valence-corrected chi connectivity index (χ3v) is 3.75. The Morgan fingerprint density at radius 1 is 1.19 bits per heavy atom. The zero-order valence-corrected chi connectivity index (χ0v) is 12.4. The fourth-order valence-corrected chi connectivity index (χ4v) is 2.53. The molecule has 0 unspecified atom stereocenters. The van der Waals surface area contributed by atoms with Gasteiger partial charge >= 0.3 is 0 Å². The number of hydrogen-bond acceptors (Lipinski definition) is 2. The minimum Gasteiger partial charge on any atom is -0.399 e. The summed E-state index contributed by atoms with van der Waals surface area (Å²) in [5.74, 6) is 0.484. The van der Waals surface area contributed by atoms with E-state index in [1.165, 1.54) is 5.56 Å². The minimum atomic E-state index is 0.484. The lowest BCUT2D eigenvalue weighted by atomic mass is 10.0. The molecule has 3 nitrogen and oxygen atoms in total. The lowest BCUT2D eigenvalue weighted by Gasteiger charge is -2.12. The quantitative estimate of drug-likeness (QED) is 0.784. The monoisotopic (exact) mass is 277 g/mol. The zero-order valence-electron chi connectivity index (χ0n) is 12.4. The van der Waals surface area contributed by atoms with Crippen molar-refractivity contribution in [1.82, 2.24) is 9.55 Å². The van der Waals surface area contributed by atoms with Crippen molar-refractivity contribution in [2.24, 2.45) is 5.73 Å². The predicted octanol–water partition coefficient (Wildman–Crippen LogP) is 4.08. The maximum atomic E-state index is 5.91. The number of nitrogens with zero attached hydrogens (tertiary/aromatic N) is 2. The molecular weight excluding hydrogens is 258 g/mol. The Balaban J connectivity index is 2.26. The van der Waals surface area contributed by atoms with Crippen molar-refractivity contribution in [1.29, 1.82) is 0 Å². The highest BCUT2D eigenvalue weighted by atomic mass is 15.1. The second kappa shape index (κ2) is 5.09. The van der Waals surface area contributed by atoms with E-state index in [-0.39, 0.29) is 0 Å². The standard InChI is InChI=1S/C18H19N3/c1-12(2)14-8-9-16-18(10-14)21(11-20-16)17-7-5-4-6-15(17)13(3)19/h4-12H,3,19H2,1-2H3. The zero-order chi connectivity index (χ0) is 15.0. The topological polar surface area (TPSA) is 43.8 Å². The lowest BCUT2D eigenvalue weighted by molar-refractivity contribution is 0.867. The molecule has 0 saturated heterocycles. The van der Waals surface area contributed by atoms with E-state index in [1.807, 2.05) is 30.6 Å². The van der Waals surface area contributed by atoms with Gasteiger partial charge in [0.25, 0.3) is 0 Å². The van der Waals surface area contributed by atoms with Crippen molar-refractivity contribution in [3.05, 3.63) is 66.5 Å². The van der Waals surface area contributed by atoms with Crippen LogP contribution >= 0.6 is 0 Å². The Labute approximate surface area is 124 Å². The van der Waals surface area contributed by atoms with Crippen molar-refractivity contribution < 1.29 is 0 Å². The van der Waals surface area contributed by atoms with E-state index in [1.54, 1.807) is 0 Å². The van der Waals surface area contributed by atoms with Crippen LogP contribution in [0.2, 0.25) is 0 Å². The molecule has 0 amide bonds. The Bertz CT molecular complexity index is 812. The lowest BCUT2D eigenvalue weighted by Crippen LogP contribution is -2.02.